The fourth-order valence-electron chi connectivity index (χ4n) is 1.47. The molecule has 17 heavy (non-hydrogen) atoms. The summed E-state index contributed by atoms with van der Waals surface area (Å²) >= 11 is 0. The molecule has 1 atom stereocenters. The van der Waals surface area contributed by atoms with Crippen molar-refractivity contribution in [3.8, 4) is 0 Å². The number of methoxy groups -OCH3 is 1. The number of nitrogens with zero attached hydrogens (tertiary/aromatic N) is 1. The Morgan fingerprint density at radius 3 is 2.82 bits per heavy atom. The third-order valence-electron chi connectivity index (χ3n) is 2.38. The van der Waals surface area contributed by atoms with E-state index >= 15 is 0 Å². The van der Waals surface area contributed by atoms with E-state index < -0.39 is 9.92 Å². The molecule has 0 radical (unpaired) electrons. The van der Waals surface area contributed by atoms with Gasteiger partial charge in [0.25, 0.3) is 0 Å². The number of rotatable bonds is 6. The van der Waals surface area contributed by atoms with Gasteiger partial charge in [0.1, 0.15) is 9.92 Å². The van der Waals surface area contributed by atoms with E-state index in [0.29, 0.717) is 18.0 Å². The highest BCUT2D eigenvalue weighted by Gasteiger charge is 2.06. The van der Waals surface area contributed by atoms with Gasteiger partial charge in [-0.3, -0.25) is 4.90 Å². The van der Waals surface area contributed by atoms with E-state index in [2.05, 4.69) is 4.90 Å². The topological polar surface area (TPSA) is 79.4 Å². The molecule has 1 unspecified atom stereocenters. The molecule has 1 aromatic rings. The lowest BCUT2D eigenvalue weighted by Gasteiger charge is -2.16. The van der Waals surface area contributed by atoms with E-state index in [4.69, 9.17) is 14.7 Å². The molecule has 3 N–H and O–H groups in total. The minimum atomic E-state index is -3.12. The van der Waals surface area contributed by atoms with Gasteiger partial charge in [-0.1, -0.05) is 12.1 Å². The van der Waals surface area contributed by atoms with Crippen LogP contribution in [0.4, 0.5) is 0 Å². The van der Waals surface area contributed by atoms with Crippen LogP contribution in [0.2, 0.25) is 0 Å². The molecule has 0 amide bonds. The van der Waals surface area contributed by atoms with Crippen LogP contribution >= 0.6 is 0 Å². The van der Waals surface area contributed by atoms with E-state index in [9.17, 15) is 4.21 Å². The first kappa shape index (κ1) is 14.1. The standard InChI is InChI=1S/C11H19N3O2S/c1-14(6-7-16-2)9-10-4-3-5-11(8-10)17(12,13)15/h3-5,8H,6-7,9H2,1-2H3,(H3,12,13,15). The Balaban J connectivity index is 2.73. The third-order valence-corrected chi connectivity index (χ3v) is 3.33. The van der Waals surface area contributed by atoms with Crippen molar-refractivity contribution in [3.63, 3.8) is 0 Å². The maximum Gasteiger partial charge on any atom is 0.132 e. The maximum atomic E-state index is 11.4. The van der Waals surface area contributed by atoms with Crippen molar-refractivity contribution >= 4 is 9.92 Å². The molecule has 0 aliphatic heterocycles. The lowest BCUT2D eigenvalue weighted by Crippen LogP contribution is -2.22. The Morgan fingerprint density at radius 2 is 2.24 bits per heavy atom. The number of ether oxygens (including phenoxy) is 1. The lowest BCUT2D eigenvalue weighted by atomic mass is 10.2. The van der Waals surface area contributed by atoms with Gasteiger partial charge in [-0.25, -0.2) is 14.1 Å². The monoisotopic (exact) mass is 257 g/mol. The highest BCUT2D eigenvalue weighted by Crippen LogP contribution is 2.11. The first-order valence-corrected chi connectivity index (χ1v) is 6.88. The molecule has 0 saturated heterocycles. The Labute approximate surface area is 103 Å². The van der Waals surface area contributed by atoms with Crippen LogP contribution < -0.4 is 5.14 Å². The van der Waals surface area contributed by atoms with E-state index in [0.717, 1.165) is 12.1 Å². The summed E-state index contributed by atoms with van der Waals surface area (Å²) in [6, 6.07) is 7.04. The number of hydrogen-bond acceptors (Lipinski definition) is 4. The van der Waals surface area contributed by atoms with Gasteiger partial charge in [-0.2, -0.15) is 0 Å². The summed E-state index contributed by atoms with van der Waals surface area (Å²) in [6.07, 6.45) is 0. The van der Waals surface area contributed by atoms with Crippen molar-refractivity contribution in [3.05, 3.63) is 29.8 Å². The largest absolute Gasteiger partial charge is 0.383 e. The van der Waals surface area contributed by atoms with Crippen molar-refractivity contribution in [1.29, 1.82) is 4.78 Å². The quantitative estimate of drug-likeness (QED) is 0.799. The van der Waals surface area contributed by atoms with E-state index in [-0.39, 0.29) is 0 Å². The maximum absolute atomic E-state index is 11.4. The number of benzene rings is 1. The fourth-order valence-corrected chi connectivity index (χ4v) is 2.08. The Morgan fingerprint density at radius 1 is 1.53 bits per heavy atom. The fraction of sp³-hybridized carbons (Fsp3) is 0.455. The van der Waals surface area contributed by atoms with Gasteiger partial charge in [-0.05, 0) is 24.7 Å². The molecule has 0 bridgehead atoms. The molecule has 0 fully saturated rings. The summed E-state index contributed by atoms with van der Waals surface area (Å²) in [4.78, 5) is 2.46. The van der Waals surface area contributed by atoms with Crippen molar-refractivity contribution in [2.45, 2.75) is 11.4 Å². The highest BCUT2D eigenvalue weighted by atomic mass is 32.2. The average molecular weight is 257 g/mol. The highest BCUT2D eigenvalue weighted by molar-refractivity contribution is 7.90. The smallest absolute Gasteiger partial charge is 0.132 e. The molecule has 6 heteroatoms. The van der Waals surface area contributed by atoms with Gasteiger partial charge in [0.05, 0.1) is 11.5 Å². The van der Waals surface area contributed by atoms with Gasteiger partial charge < -0.3 is 4.74 Å². The molecule has 0 heterocycles. The van der Waals surface area contributed by atoms with Gasteiger partial charge in [0, 0.05) is 20.2 Å². The molecule has 1 rings (SSSR count). The van der Waals surface area contributed by atoms with Gasteiger partial charge in [0.15, 0.2) is 0 Å². The Hall–Kier alpha value is -0.950. The summed E-state index contributed by atoms with van der Waals surface area (Å²) < 4.78 is 23.7. The summed E-state index contributed by atoms with van der Waals surface area (Å²) in [5.74, 6) is 0. The first-order valence-electron chi connectivity index (χ1n) is 5.26. The zero-order chi connectivity index (χ0) is 12.9. The number of hydrogen-bond donors (Lipinski definition) is 2. The predicted octanol–water partition coefficient (Wildman–Crippen LogP) is 1.04. The summed E-state index contributed by atoms with van der Waals surface area (Å²) in [5.41, 5.74) is 0.992. The number of nitrogens with two attached hydrogens (primary N) is 1. The lowest BCUT2D eigenvalue weighted by molar-refractivity contribution is 0.158. The summed E-state index contributed by atoms with van der Waals surface area (Å²) in [7, 11) is 0.522. The van der Waals surface area contributed by atoms with Crippen LogP contribution in [0.1, 0.15) is 5.56 Å². The minimum Gasteiger partial charge on any atom is -0.383 e. The molecule has 0 aliphatic rings. The molecule has 0 saturated carbocycles. The molecular formula is C11H19N3O2S. The molecule has 96 valence electrons. The van der Waals surface area contributed by atoms with Gasteiger partial charge in [0.2, 0.25) is 0 Å². The van der Waals surface area contributed by atoms with E-state index in [1.54, 1.807) is 25.3 Å². The molecule has 0 spiro atoms. The van der Waals surface area contributed by atoms with Crippen LogP contribution in [0.25, 0.3) is 0 Å². The van der Waals surface area contributed by atoms with Crippen molar-refractivity contribution in [2.75, 3.05) is 27.3 Å². The average Bonchev–Trinajstić information content (AvgIpc) is 2.25. The third kappa shape index (κ3) is 4.82. The number of likely N-dealkylation sites (N-methyl/N-ethyl adjacent to an activating group) is 1. The minimum absolute atomic E-state index is 0.371. The van der Waals surface area contributed by atoms with Crippen LogP contribution in [0.15, 0.2) is 29.2 Å². The van der Waals surface area contributed by atoms with Crippen molar-refractivity contribution < 1.29 is 8.95 Å². The van der Waals surface area contributed by atoms with Crippen molar-refractivity contribution in [1.82, 2.24) is 4.90 Å². The van der Waals surface area contributed by atoms with Crippen LogP contribution in [-0.2, 0) is 21.2 Å². The SMILES string of the molecule is COCCN(C)Cc1cccc(S(=N)(N)=O)c1. The second-order valence-corrected chi connectivity index (χ2v) is 5.65. The predicted molar refractivity (Wildman–Crippen MR) is 68.0 cm³/mol. The Bertz CT molecular complexity index is 460. The summed E-state index contributed by atoms with van der Waals surface area (Å²) in [6.45, 7) is 2.20. The molecule has 0 aromatic heterocycles. The second-order valence-electron chi connectivity index (χ2n) is 3.98. The number of nitrogens with one attached hydrogen (secondary N) is 1. The molecule has 0 aliphatic carbocycles. The van der Waals surface area contributed by atoms with Gasteiger partial charge in [-0.15, -0.1) is 0 Å². The first-order chi connectivity index (χ1) is 7.93. The second kappa shape index (κ2) is 6.11. The van der Waals surface area contributed by atoms with Crippen molar-refractivity contribution in [2.24, 2.45) is 5.14 Å². The zero-order valence-corrected chi connectivity index (χ0v) is 11.0. The zero-order valence-electron chi connectivity index (χ0n) is 10.2. The van der Waals surface area contributed by atoms with Gasteiger partial charge >= 0.3 is 0 Å². The normalized spacial score (nSPS) is 14.8. The van der Waals surface area contributed by atoms with Crippen LogP contribution in [0.5, 0.6) is 0 Å². The Kier molecular flexibility index (Phi) is 5.07. The van der Waals surface area contributed by atoms with Crippen LogP contribution in [0.3, 0.4) is 0 Å². The van der Waals surface area contributed by atoms with E-state index in [1.165, 1.54) is 0 Å². The molecule has 1 aromatic carbocycles. The van der Waals surface area contributed by atoms with Crippen LogP contribution in [0, 0.1) is 4.78 Å². The summed E-state index contributed by atoms with van der Waals surface area (Å²) in [5, 5.41) is 5.30. The van der Waals surface area contributed by atoms with Crippen LogP contribution in [-0.4, -0.2) is 36.4 Å². The molecule has 5 nitrogen and oxygen atoms in total. The van der Waals surface area contributed by atoms with E-state index in [1.807, 2.05) is 13.1 Å². The molecular weight excluding hydrogens is 238 g/mol.